The van der Waals surface area contributed by atoms with Crippen LogP contribution in [-0.2, 0) is 11.2 Å². The Morgan fingerprint density at radius 1 is 1.31 bits per heavy atom. The van der Waals surface area contributed by atoms with Crippen molar-refractivity contribution in [3.63, 3.8) is 0 Å². The summed E-state index contributed by atoms with van der Waals surface area (Å²) in [6, 6.07) is 11.5. The van der Waals surface area contributed by atoms with E-state index >= 15 is 0 Å². The van der Waals surface area contributed by atoms with Gasteiger partial charge in [-0.2, -0.15) is 5.26 Å². The number of anilines is 1. The second-order valence-electron chi connectivity index (χ2n) is 6.36. The number of amides is 1. The number of aryl methyl sites for hydroxylation is 1. The van der Waals surface area contributed by atoms with Crippen LogP contribution in [0.5, 0.6) is 0 Å². The van der Waals surface area contributed by atoms with Crippen molar-refractivity contribution >= 4 is 28.5 Å². The number of carbonyl (C=O) groups is 1. The molecule has 0 saturated carbocycles. The smallest absolute Gasteiger partial charge is 0.268 e. The van der Waals surface area contributed by atoms with Gasteiger partial charge in [0.15, 0.2) is 0 Å². The molecule has 1 aromatic carbocycles. The molecular weight excluding hydrogens is 389 g/mol. The lowest BCUT2D eigenvalue weighted by Gasteiger charge is -2.07. The molecule has 0 fully saturated rings. The number of aromatic nitrogens is 3. The number of nitrogens with zero attached hydrogens (tertiary/aromatic N) is 4. The van der Waals surface area contributed by atoms with Crippen LogP contribution >= 0.6 is 11.3 Å². The van der Waals surface area contributed by atoms with Crippen LogP contribution in [0.25, 0.3) is 11.8 Å². The van der Waals surface area contributed by atoms with Gasteiger partial charge in [-0.05, 0) is 42.8 Å². The lowest BCUT2D eigenvalue weighted by molar-refractivity contribution is -0.112. The number of unbranched alkanes of at least 4 members (excludes halogenated alkanes) is 2. The van der Waals surface area contributed by atoms with Gasteiger partial charge in [-0.3, -0.25) is 10.1 Å². The number of hydrogen-bond donors (Lipinski definition) is 1. The van der Waals surface area contributed by atoms with Crippen molar-refractivity contribution in [3.8, 4) is 11.8 Å². The number of nitriles is 1. The number of nitrogens with one attached hydrogen (secondary N) is 1. The van der Waals surface area contributed by atoms with Gasteiger partial charge in [0.2, 0.25) is 5.13 Å². The van der Waals surface area contributed by atoms with Crippen molar-refractivity contribution in [1.82, 2.24) is 14.8 Å². The summed E-state index contributed by atoms with van der Waals surface area (Å²) in [6.45, 7) is 2.13. The van der Waals surface area contributed by atoms with Gasteiger partial charge >= 0.3 is 0 Å². The van der Waals surface area contributed by atoms with Gasteiger partial charge in [0.1, 0.15) is 22.5 Å². The standard InChI is InChI=1S/C21H20FN5OS/c1-2-3-4-10-19-25-26-21(29-19)24-20(28)15(14-23)12-17-9-6-11-27(17)18-8-5-7-16(22)13-18/h5-9,11-13H,2-4,10H2,1H3,(H,24,26,28)/b15-12-. The third kappa shape index (κ3) is 5.36. The number of carbonyl (C=O) groups excluding carboxylic acids is 1. The van der Waals surface area contributed by atoms with Gasteiger partial charge in [0.25, 0.3) is 5.91 Å². The first kappa shape index (κ1) is 20.4. The summed E-state index contributed by atoms with van der Waals surface area (Å²) in [5.41, 5.74) is 1.10. The Labute approximate surface area is 172 Å². The Morgan fingerprint density at radius 3 is 2.93 bits per heavy atom. The lowest BCUT2D eigenvalue weighted by Crippen LogP contribution is -2.13. The van der Waals surface area contributed by atoms with E-state index in [1.54, 1.807) is 35.0 Å². The van der Waals surface area contributed by atoms with Crippen molar-refractivity contribution in [3.05, 3.63) is 64.7 Å². The highest BCUT2D eigenvalue weighted by Crippen LogP contribution is 2.20. The summed E-state index contributed by atoms with van der Waals surface area (Å²) in [6.07, 6.45) is 7.29. The second kappa shape index (κ2) is 9.75. The SMILES string of the molecule is CCCCCc1nnc(NC(=O)/C(C#N)=C\c2cccn2-c2cccc(F)c2)s1. The average Bonchev–Trinajstić information content (AvgIpc) is 3.35. The molecule has 1 N–H and O–H groups in total. The van der Waals surface area contributed by atoms with Crippen LogP contribution in [0.2, 0.25) is 0 Å². The Bertz CT molecular complexity index is 1060. The summed E-state index contributed by atoms with van der Waals surface area (Å²) in [7, 11) is 0. The average molecular weight is 409 g/mol. The molecule has 0 unspecified atom stereocenters. The molecule has 29 heavy (non-hydrogen) atoms. The van der Waals surface area contributed by atoms with Crippen LogP contribution in [0.4, 0.5) is 9.52 Å². The molecule has 1 amide bonds. The van der Waals surface area contributed by atoms with Crippen LogP contribution in [0, 0.1) is 17.1 Å². The molecule has 0 aliphatic rings. The van der Waals surface area contributed by atoms with Gasteiger partial charge in [-0.15, -0.1) is 10.2 Å². The highest BCUT2D eigenvalue weighted by atomic mass is 32.1. The van der Waals surface area contributed by atoms with Crippen molar-refractivity contribution < 1.29 is 9.18 Å². The van der Waals surface area contributed by atoms with E-state index in [9.17, 15) is 14.4 Å². The zero-order valence-electron chi connectivity index (χ0n) is 15.9. The van der Waals surface area contributed by atoms with E-state index in [4.69, 9.17) is 0 Å². The minimum Gasteiger partial charge on any atom is -0.317 e. The van der Waals surface area contributed by atoms with E-state index in [-0.39, 0.29) is 11.4 Å². The van der Waals surface area contributed by atoms with Crippen LogP contribution in [0.3, 0.4) is 0 Å². The molecule has 0 atom stereocenters. The zero-order chi connectivity index (χ0) is 20.6. The Morgan fingerprint density at radius 2 is 2.17 bits per heavy atom. The summed E-state index contributed by atoms with van der Waals surface area (Å²) >= 11 is 1.31. The van der Waals surface area contributed by atoms with Crippen LogP contribution < -0.4 is 5.32 Å². The molecular formula is C21H20FN5OS. The molecule has 8 heteroatoms. The monoisotopic (exact) mass is 409 g/mol. The van der Waals surface area contributed by atoms with Crippen molar-refractivity contribution in [2.24, 2.45) is 0 Å². The molecule has 0 aliphatic carbocycles. The summed E-state index contributed by atoms with van der Waals surface area (Å²) in [4.78, 5) is 12.5. The Kier molecular flexibility index (Phi) is 6.87. The molecule has 2 heterocycles. The number of halogens is 1. The van der Waals surface area contributed by atoms with E-state index in [1.807, 2.05) is 6.07 Å². The fourth-order valence-electron chi connectivity index (χ4n) is 2.77. The second-order valence-corrected chi connectivity index (χ2v) is 7.43. The Hall–Kier alpha value is -3.31. The number of benzene rings is 1. The highest BCUT2D eigenvalue weighted by molar-refractivity contribution is 7.15. The Balaban J connectivity index is 1.75. The first-order valence-electron chi connectivity index (χ1n) is 9.29. The molecule has 2 aromatic heterocycles. The number of rotatable bonds is 8. The van der Waals surface area contributed by atoms with Gasteiger partial charge in [0, 0.05) is 24.0 Å². The van der Waals surface area contributed by atoms with Gasteiger partial charge < -0.3 is 4.57 Å². The van der Waals surface area contributed by atoms with Crippen LogP contribution in [-0.4, -0.2) is 20.7 Å². The maximum absolute atomic E-state index is 13.5. The molecule has 3 aromatic rings. The summed E-state index contributed by atoms with van der Waals surface area (Å²) in [5, 5.41) is 21.4. The molecule has 0 aliphatic heterocycles. The van der Waals surface area contributed by atoms with Crippen molar-refractivity contribution in [2.45, 2.75) is 32.6 Å². The predicted octanol–water partition coefficient (Wildman–Crippen LogP) is 4.75. The van der Waals surface area contributed by atoms with E-state index in [2.05, 4.69) is 22.4 Å². The van der Waals surface area contributed by atoms with E-state index < -0.39 is 5.91 Å². The molecule has 3 rings (SSSR count). The summed E-state index contributed by atoms with van der Waals surface area (Å²) < 4.78 is 15.2. The summed E-state index contributed by atoms with van der Waals surface area (Å²) in [5.74, 6) is -0.925. The zero-order valence-corrected chi connectivity index (χ0v) is 16.7. The van der Waals surface area contributed by atoms with E-state index in [1.165, 1.54) is 29.5 Å². The van der Waals surface area contributed by atoms with Crippen molar-refractivity contribution in [1.29, 1.82) is 5.26 Å². The minimum atomic E-state index is -0.559. The maximum atomic E-state index is 13.5. The largest absolute Gasteiger partial charge is 0.317 e. The van der Waals surface area contributed by atoms with Gasteiger partial charge in [0.05, 0.1) is 0 Å². The quantitative estimate of drug-likeness (QED) is 0.331. The molecule has 6 nitrogen and oxygen atoms in total. The van der Waals surface area contributed by atoms with Gasteiger partial charge in [-0.1, -0.05) is 37.2 Å². The third-order valence-electron chi connectivity index (χ3n) is 4.21. The highest BCUT2D eigenvalue weighted by Gasteiger charge is 2.14. The van der Waals surface area contributed by atoms with Gasteiger partial charge in [-0.25, -0.2) is 4.39 Å². The van der Waals surface area contributed by atoms with E-state index in [0.29, 0.717) is 16.5 Å². The minimum absolute atomic E-state index is 0.0795. The first-order chi connectivity index (χ1) is 14.1. The molecule has 148 valence electrons. The number of hydrogen-bond acceptors (Lipinski definition) is 5. The lowest BCUT2D eigenvalue weighted by atomic mass is 10.2. The maximum Gasteiger partial charge on any atom is 0.268 e. The first-order valence-corrected chi connectivity index (χ1v) is 10.1. The molecule has 0 radical (unpaired) electrons. The predicted molar refractivity (Wildman–Crippen MR) is 111 cm³/mol. The fourth-order valence-corrected chi connectivity index (χ4v) is 3.54. The van der Waals surface area contributed by atoms with Crippen molar-refractivity contribution in [2.75, 3.05) is 5.32 Å². The topological polar surface area (TPSA) is 83.6 Å². The van der Waals surface area contributed by atoms with Crippen LogP contribution in [0.1, 0.15) is 36.9 Å². The normalized spacial score (nSPS) is 11.3. The molecule has 0 bridgehead atoms. The molecule has 0 spiro atoms. The third-order valence-corrected chi connectivity index (χ3v) is 5.10. The fraction of sp³-hybridized carbons (Fsp3) is 0.238. The van der Waals surface area contributed by atoms with Crippen LogP contribution in [0.15, 0.2) is 48.2 Å². The van der Waals surface area contributed by atoms with E-state index in [0.717, 1.165) is 30.7 Å². The molecule has 0 saturated heterocycles.